The van der Waals surface area contributed by atoms with Gasteiger partial charge in [0.2, 0.25) is 0 Å². The third kappa shape index (κ3) is 7.36. The Balaban J connectivity index is 1.40. The van der Waals surface area contributed by atoms with Gasteiger partial charge < -0.3 is 20.0 Å². The number of aliphatic hydroxyl groups is 2. The Labute approximate surface area is 239 Å². The standard InChI is InChI=1S/C29H35Cl2N3O3S/c1-32(29(37)21-5-3-2-4-6-21)18-23(22-7-8-25(30)26(31)17-22)9-11-33-12-14-34(15-13-33)28(27(36)19-35)24-10-16-38-20-24/h2-8,10,16-17,20,23,27-28,35-36H,9,11-15,18-19H2,1H3/t23-,27+,28+/m1/s1. The lowest BCUT2D eigenvalue weighted by molar-refractivity contribution is -0.00967. The lowest BCUT2D eigenvalue weighted by Crippen LogP contribution is -2.50. The van der Waals surface area contributed by atoms with E-state index in [1.54, 1.807) is 16.2 Å². The summed E-state index contributed by atoms with van der Waals surface area (Å²) in [4.78, 5) is 19.5. The Bertz CT molecular complexity index is 1160. The summed E-state index contributed by atoms with van der Waals surface area (Å²) in [5.41, 5.74) is 2.79. The Kier molecular flexibility index (Phi) is 10.6. The van der Waals surface area contributed by atoms with E-state index in [1.807, 2.05) is 72.4 Å². The Hall–Kier alpha value is -1.97. The summed E-state index contributed by atoms with van der Waals surface area (Å²) in [6.07, 6.45) is 0.0466. The minimum atomic E-state index is -0.812. The van der Waals surface area contributed by atoms with Crippen molar-refractivity contribution < 1.29 is 15.0 Å². The third-order valence-corrected chi connectivity index (χ3v) is 8.75. The van der Waals surface area contributed by atoms with Crippen LogP contribution in [0, 0.1) is 0 Å². The smallest absolute Gasteiger partial charge is 0.253 e. The monoisotopic (exact) mass is 575 g/mol. The summed E-state index contributed by atoms with van der Waals surface area (Å²) in [5, 5.41) is 25.2. The number of thiophene rings is 1. The van der Waals surface area contributed by atoms with Gasteiger partial charge in [0.05, 0.1) is 28.8 Å². The molecule has 1 aromatic heterocycles. The summed E-state index contributed by atoms with van der Waals surface area (Å²) in [6, 6.07) is 16.9. The van der Waals surface area contributed by atoms with Crippen LogP contribution in [0.25, 0.3) is 0 Å². The van der Waals surface area contributed by atoms with Crippen LogP contribution in [0.5, 0.6) is 0 Å². The third-order valence-electron chi connectivity index (χ3n) is 7.31. The molecule has 2 aromatic carbocycles. The van der Waals surface area contributed by atoms with E-state index in [4.69, 9.17) is 23.2 Å². The number of amides is 1. The number of rotatable bonds is 11. The summed E-state index contributed by atoms with van der Waals surface area (Å²) in [7, 11) is 1.84. The molecule has 0 saturated carbocycles. The van der Waals surface area contributed by atoms with Crippen LogP contribution in [-0.2, 0) is 0 Å². The van der Waals surface area contributed by atoms with Crippen LogP contribution in [0.4, 0.5) is 0 Å². The van der Waals surface area contributed by atoms with Crippen LogP contribution in [0.1, 0.15) is 39.9 Å². The fraction of sp³-hybridized carbons (Fsp3) is 0.414. The number of piperazine rings is 1. The van der Waals surface area contributed by atoms with Gasteiger partial charge in [-0.05, 0) is 65.2 Å². The topological polar surface area (TPSA) is 67.2 Å². The molecule has 3 aromatic rings. The van der Waals surface area contributed by atoms with E-state index in [0.717, 1.165) is 50.3 Å². The largest absolute Gasteiger partial charge is 0.394 e. The normalized spacial score (nSPS) is 17.2. The molecule has 2 heterocycles. The highest BCUT2D eigenvalue weighted by atomic mass is 35.5. The minimum Gasteiger partial charge on any atom is -0.394 e. The summed E-state index contributed by atoms with van der Waals surface area (Å²) < 4.78 is 0. The highest BCUT2D eigenvalue weighted by molar-refractivity contribution is 7.08. The van der Waals surface area contributed by atoms with Crippen LogP contribution >= 0.6 is 34.5 Å². The molecule has 0 unspecified atom stereocenters. The van der Waals surface area contributed by atoms with Crippen molar-refractivity contribution in [1.82, 2.24) is 14.7 Å². The van der Waals surface area contributed by atoms with Crippen LogP contribution in [-0.4, -0.2) is 89.8 Å². The van der Waals surface area contributed by atoms with E-state index in [0.29, 0.717) is 22.2 Å². The number of aliphatic hydroxyl groups excluding tert-OH is 2. The maximum Gasteiger partial charge on any atom is 0.253 e. The van der Waals surface area contributed by atoms with Crippen molar-refractivity contribution in [3.63, 3.8) is 0 Å². The van der Waals surface area contributed by atoms with Crippen molar-refractivity contribution in [2.75, 3.05) is 52.9 Å². The zero-order chi connectivity index (χ0) is 27.1. The average molecular weight is 577 g/mol. The van der Waals surface area contributed by atoms with E-state index in [-0.39, 0.29) is 24.5 Å². The highest BCUT2D eigenvalue weighted by Gasteiger charge is 2.31. The van der Waals surface area contributed by atoms with E-state index in [9.17, 15) is 15.0 Å². The summed E-state index contributed by atoms with van der Waals surface area (Å²) >= 11 is 14.1. The van der Waals surface area contributed by atoms with Gasteiger partial charge in [-0.2, -0.15) is 11.3 Å². The number of nitrogens with zero attached hydrogens (tertiary/aromatic N) is 3. The number of halogens is 2. The van der Waals surface area contributed by atoms with Gasteiger partial charge in [0.25, 0.3) is 5.91 Å². The number of hydrogen-bond donors (Lipinski definition) is 2. The van der Waals surface area contributed by atoms with Gasteiger partial charge in [0.1, 0.15) is 0 Å². The molecule has 0 aliphatic carbocycles. The van der Waals surface area contributed by atoms with Crippen LogP contribution in [0.2, 0.25) is 10.0 Å². The first-order valence-corrected chi connectivity index (χ1v) is 14.6. The Morgan fingerprint density at radius 2 is 1.76 bits per heavy atom. The van der Waals surface area contributed by atoms with Crippen molar-refractivity contribution in [2.45, 2.75) is 24.5 Å². The first kappa shape index (κ1) is 29.0. The van der Waals surface area contributed by atoms with E-state index in [1.165, 1.54) is 0 Å². The highest BCUT2D eigenvalue weighted by Crippen LogP contribution is 2.30. The molecular formula is C29H35Cl2N3O3S. The fourth-order valence-electron chi connectivity index (χ4n) is 5.17. The van der Waals surface area contributed by atoms with Crippen molar-refractivity contribution in [1.29, 1.82) is 0 Å². The second-order valence-corrected chi connectivity index (χ2v) is 11.4. The lowest BCUT2D eigenvalue weighted by Gasteiger charge is -2.41. The van der Waals surface area contributed by atoms with Gasteiger partial charge in [-0.25, -0.2) is 0 Å². The zero-order valence-corrected chi connectivity index (χ0v) is 23.9. The van der Waals surface area contributed by atoms with Gasteiger partial charge in [0.15, 0.2) is 0 Å². The van der Waals surface area contributed by atoms with E-state index in [2.05, 4.69) is 9.80 Å². The second-order valence-electron chi connectivity index (χ2n) is 9.84. The minimum absolute atomic E-state index is 0.00816. The zero-order valence-electron chi connectivity index (χ0n) is 21.5. The molecule has 0 radical (unpaired) electrons. The maximum atomic E-state index is 13.0. The SMILES string of the molecule is CN(C[C@@H](CCN1CCN([C@@H](c2ccsc2)[C@@H](O)CO)CC1)c1ccc(Cl)c(Cl)c1)C(=O)c1ccccc1. The Morgan fingerprint density at radius 1 is 1.03 bits per heavy atom. The molecule has 9 heteroatoms. The molecule has 1 aliphatic rings. The molecule has 6 nitrogen and oxygen atoms in total. The fourth-order valence-corrected chi connectivity index (χ4v) is 6.16. The molecule has 1 fully saturated rings. The van der Waals surface area contributed by atoms with E-state index >= 15 is 0 Å². The molecule has 2 N–H and O–H groups in total. The Morgan fingerprint density at radius 3 is 2.39 bits per heavy atom. The predicted molar refractivity (Wildman–Crippen MR) is 155 cm³/mol. The molecule has 1 amide bonds. The second kappa shape index (κ2) is 13.9. The number of likely N-dealkylation sites (N-methyl/N-ethyl adjacent to an activating group) is 1. The van der Waals surface area contributed by atoms with E-state index < -0.39 is 6.10 Å². The molecule has 4 rings (SSSR count). The van der Waals surface area contributed by atoms with Crippen molar-refractivity contribution in [3.8, 4) is 0 Å². The molecule has 1 aliphatic heterocycles. The average Bonchev–Trinajstić information content (AvgIpc) is 3.47. The molecule has 1 saturated heterocycles. The molecule has 0 spiro atoms. The number of hydrogen-bond acceptors (Lipinski definition) is 6. The van der Waals surface area contributed by atoms with Crippen molar-refractivity contribution >= 4 is 40.4 Å². The molecule has 38 heavy (non-hydrogen) atoms. The lowest BCUT2D eigenvalue weighted by atomic mass is 9.94. The summed E-state index contributed by atoms with van der Waals surface area (Å²) in [5.74, 6) is 0.0846. The maximum absolute atomic E-state index is 13.0. The van der Waals surface area contributed by atoms with Crippen molar-refractivity contribution in [2.24, 2.45) is 0 Å². The molecule has 3 atom stereocenters. The van der Waals surface area contributed by atoms with Crippen LogP contribution in [0.15, 0.2) is 65.4 Å². The number of carbonyl (C=O) groups excluding carboxylic acids is 1. The van der Waals surface area contributed by atoms with Gasteiger partial charge >= 0.3 is 0 Å². The van der Waals surface area contributed by atoms with Gasteiger partial charge in [-0.1, -0.05) is 47.5 Å². The number of carbonyl (C=O) groups is 1. The van der Waals surface area contributed by atoms with Crippen molar-refractivity contribution in [3.05, 3.63) is 92.1 Å². The van der Waals surface area contributed by atoms with Gasteiger partial charge in [-0.3, -0.25) is 9.69 Å². The molecule has 204 valence electrons. The first-order chi connectivity index (χ1) is 18.4. The summed E-state index contributed by atoms with van der Waals surface area (Å²) in [6.45, 7) is 4.52. The number of benzene rings is 2. The van der Waals surface area contributed by atoms with Crippen LogP contribution < -0.4 is 0 Å². The first-order valence-electron chi connectivity index (χ1n) is 12.9. The van der Waals surface area contributed by atoms with Gasteiger partial charge in [0, 0.05) is 51.3 Å². The van der Waals surface area contributed by atoms with Gasteiger partial charge in [-0.15, -0.1) is 0 Å². The quantitative estimate of drug-likeness (QED) is 0.336. The molecule has 0 bridgehead atoms. The molecular weight excluding hydrogens is 541 g/mol. The van der Waals surface area contributed by atoms with Crippen LogP contribution in [0.3, 0.4) is 0 Å². The predicted octanol–water partition coefficient (Wildman–Crippen LogP) is 5.01.